The fourth-order valence-electron chi connectivity index (χ4n) is 2.07. The highest BCUT2D eigenvalue weighted by atomic mass is 19.1. The molecule has 4 nitrogen and oxygen atoms in total. The van der Waals surface area contributed by atoms with Crippen molar-refractivity contribution in [3.63, 3.8) is 0 Å². The summed E-state index contributed by atoms with van der Waals surface area (Å²) in [6.07, 6.45) is 1.58. The van der Waals surface area contributed by atoms with Gasteiger partial charge in [-0.2, -0.15) is 5.10 Å². The molecule has 0 unspecified atom stereocenters. The molecule has 0 aliphatic rings. The van der Waals surface area contributed by atoms with E-state index in [0.717, 1.165) is 5.56 Å². The van der Waals surface area contributed by atoms with E-state index in [4.69, 9.17) is 0 Å². The Morgan fingerprint density at radius 3 is 2.42 bits per heavy atom. The van der Waals surface area contributed by atoms with E-state index in [9.17, 15) is 9.18 Å². The topological polar surface area (TPSA) is 53.5 Å². The van der Waals surface area contributed by atoms with Crippen molar-refractivity contribution in [1.29, 1.82) is 0 Å². The maximum atomic E-state index is 13.4. The Morgan fingerprint density at radius 1 is 1.12 bits per heavy atom. The molecule has 0 atom stereocenters. The highest BCUT2D eigenvalue weighted by molar-refractivity contribution is 5.84. The lowest BCUT2D eigenvalue weighted by Crippen LogP contribution is -2.26. The number of hydrogen-bond acceptors (Lipinski definition) is 3. The maximum Gasteiger partial charge on any atom is 0.259 e. The predicted molar refractivity (Wildman–Crippen MR) is 95.8 cm³/mol. The SMILES string of the molecule is CC(C)(C)c1ccc(C=NNC(=O)CNc2ccccc2F)cc1. The van der Waals surface area contributed by atoms with Crippen LogP contribution in [0.4, 0.5) is 10.1 Å². The van der Waals surface area contributed by atoms with Crippen LogP contribution in [0.2, 0.25) is 0 Å². The third kappa shape index (κ3) is 5.19. The molecule has 2 aromatic carbocycles. The average molecular weight is 327 g/mol. The Bertz CT molecular complexity index is 718. The van der Waals surface area contributed by atoms with Gasteiger partial charge >= 0.3 is 0 Å². The molecule has 0 saturated carbocycles. The molecule has 1 amide bonds. The van der Waals surface area contributed by atoms with Crippen molar-refractivity contribution < 1.29 is 9.18 Å². The Hall–Kier alpha value is -2.69. The molecule has 0 heterocycles. The fraction of sp³-hybridized carbons (Fsp3) is 0.263. The van der Waals surface area contributed by atoms with E-state index in [1.165, 1.54) is 11.6 Å². The summed E-state index contributed by atoms with van der Waals surface area (Å²) < 4.78 is 13.4. The van der Waals surface area contributed by atoms with Gasteiger partial charge in [0.1, 0.15) is 5.82 Å². The molecule has 5 heteroatoms. The van der Waals surface area contributed by atoms with Gasteiger partial charge in [-0.3, -0.25) is 4.79 Å². The normalized spacial score (nSPS) is 11.5. The van der Waals surface area contributed by atoms with Gasteiger partial charge in [0.2, 0.25) is 0 Å². The summed E-state index contributed by atoms with van der Waals surface area (Å²) in [4.78, 5) is 11.7. The molecule has 0 aromatic heterocycles. The molecule has 2 aromatic rings. The minimum atomic E-state index is -0.396. The van der Waals surface area contributed by atoms with Crippen molar-refractivity contribution in [3.8, 4) is 0 Å². The van der Waals surface area contributed by atoms with Crippen molar-refractivity contribution in [3.05, 3.63) is 65.5 Å². The van der Waals surface area contributed by atoms with Crippen molar-refractivity contribution in [2.45, 2.75) is 26.2 Å². The predicted octanol–water partition coefficient (Wildman–Crippen LogP) is 3.69. The highest BCUT2D eigenvalue weighted by Gasteiger charge is 2.12. The highest BCUT2D eigenvalue weighted by Crippen LogP contribution is 2.21. The summed E-state index contributed by atoms with van der Waals surface area (Å²) in [6.45, 7) is 6.40. The number of benzene rings is 2. The first-order chi connectivity index (χ1) is 11.4. The van der Waals surface area contributed by atoms with Crippen LogP contribution in [0.1, 0.15) is 31.9 Å². The second-order valence-corrected chi connectivity index (χ2v) is 6.50. The fourth-order valence-corrected chi connectivity index (χ4v) is 2.07. The molecule has 0 spiro atoms. The second-order valence-electron chi connectivity index (χ2n) is 6.50. The van der Waals surface area contributed by atoms with E-state index < -0.39 is 5.82 Å². The molecule has 24 heavy (non-hydrogen) atoms. The molecule has 2 rings (SSSR count). The molecule has 0 bridgehead atoms. The number of halogens is 1. The smallest absolute Gasteiger partial charge is 0.259 e. The first-order valence-corrected chi connectivity index (χ1v) is 7.77. The van der Waals surface area contributed by atoms with Crippen LogP contribution in [-0.4, -0.2) is 18.7 Å². The minimum absolute atomic E-state index is 0.0543. The molecule has 0 aliphatic carbocycles. The number of nitrogens with zero attached hydrogens (tertiary/aromatic N) is 1. The van der Waals surface area contributed by atoms with Crippen LogP contribution in [0, 0.1) is 5.82 Å². The lowest BCUT2D eigenvalue weighted by molar-refractivity contribution is -0.119. The van der Waals surface area contributed by atoms with Gasteiger partial charge in [-0.05, 0) is 28.7 Å². The number of hydrogen-bond donors (Lipinski definition) is 2. The van der Waals surface area contributed by atoms with Crippen molar-refractivity contribution in [1.82, 2.24) is 5.43 Å². The third-order valence-corrected chi connectivity index (χ3v) is 3.49. The Balaban J connectivity index is 1.83. The van der Waals surface area contributed by atoms with Gasteiger partial charge in [-0.25, -0.2) is 9.82 Å². The van der Waals surface area contributed by atoms with E-state index in [0.29, 0.717) is 0 Å². The zero-order chi connectivity index (χ0) is 17.6. The number of carbonyl (C=O) groups is 1. The zero-order valence-corrected chi connectivity index (χ0v) is 14.1. The van der Waals surface area contributed by atoms with Crippen LogP contribution in [0.15, 0.2) is 53.6 Å². The van der Waals surface area contributed by atoms with E-state index in [1.807, 2.05) is 24.3 Å². The number of nitrogens with one attached hydrogen (secondary N) is 2. The molecule has 126 valence electrons. The standard InChI is InChI=1S/C19H22FN3O/c1-19(2,3)15-10-8-14(9-11-15)12-22-23-18(24)13-21-17-7-5-4-6-16(17)20/h4-12,21H,13H2,1-3H3,(H,23,24). The quantitative estimate of drug-likeness (QED) is 0.650. The summed E-state index contributed by atoms with van der Waals surface area (Å²) in [7, 11) is 0. The number of hydrazone groups is 1. The first kappa shape index (κ1) is 17.7. The van der Waals surface area contributed by atoms with Crippen molar-refractivity contribution in [2.24, 2.45) is 5.10 Å². The van der Waals surface area contributed by atoms with Crippen LogP contribution >= 0.6 is 0 Å². The Morgan fingerprint density at radius 2 is 1.79 bits per heavy atom. The monoisotopic (exact) mass is 327 g/mol. The molecular weight excluding hydrogens is 305 g/mol. The van der Waals surface area contributed by atoms with Crippen LogP contribution in [0.25, 0.3) is 0 Å². The van der Waals surface area contributed by atoms with Gasteiger partial charge in [0.05, 0.1) is 18.4 Å². The average Bonchev–Trinajstić information content (AvgIpc) is 2.54. The molecule has 2 N–H and O–H groups in total. The summed E-state index contributed by atoms with van der Waals surface area (Å²) in [5, 5.41) is 6.63. The minimum Gasteiger partial charge on any atom is -0.374 e. The van der Waals surface area contributed by atoms with Gasteiger partial charge in [0, 0.05) is 0 Å². The maximum absolute atomic E-state index is 13.4. The Kier molecular flexibility index (Phi) is 5.68. The van der Waals surface area contributed by atoms with E-state index in [1.54, 1.807) is 24.4 Å². The van der Waals surface area contributed by atoms with Crippen LogP contribution in [0.3, 0.4) is 0 Å². The van der Waals surface area contributed by atoms with Gasteiger partial charge in [-0.15, -0.1) is 0 Å². The summed E-state index contributed by atoms with van der Waals surface area (Å²) in [5.41, 5.74) is 4.93. The van der Waals surface area contributed by atoms with E-state index in [-0.39, 0.29) is 23.6 Å². The number of para-hydroxylation sites is 1. The van der Waals surface area contributed by atoms with Crippen LogP contribution < -0.4 is 10.7 Å². The summed E-state index contributed by atoms with van der Waals surface area (Å²) in [5.74, 6) is -0.742. The van der Waals surface area contributed by atoms with Gasteiger partial charge in [0.25, 0.3) is 5.91 Å². The van der Waals surface area contributed by atoms with Crippen LogP contribution in [-0.2, 0) is 10.2 Å². The molecular formula is C19H22FN3O. The molecule has 0 aliphatic heterocycles. The lowest BCUT2D eigenvalue weighted by atomic mass is 9.87. The molecule has 0 fully saturated rings. The summed E-state index contributed by atoms with van der Waals surface area (Å²) >= 11 is 0. The molecule has 0 saturated heterocycles. The molecule has 0 radical (unpaired) electrons. The zero-order valence-electron chi connectivity index (χ0n) is 14.1. The largest absolute Gasteiger partial charge is 0.374 e. The second kappa shape index (κ2) is 7.73. The van der Waals surface area contributed by atoms with Gasteiger partial charge in [-0.1, -0.05) is 57.2 Å². The van der Waals surface area contributed by atoms with Crippen molar-refractivity contribution >= 4 is 17.8 Å². The first-order valence-electron chi connectivity index (χ1n) is 7.77. The number of rotatable bonds is 5. The van der Waals surface area contributed by atoms with E-state index >= 15 is 0 Å². The lowest BCUT2D eigenvalue weighted by Gasteiger charge is -2.18. The van der Waals surface area contributed by atoms with Crippen molar-refractivity contribution in [2.75, 3.05) is 11.9 Å². The summed E-state index contributed by atoms with van der Waals surface area (Å²) in [6, 6.07) is 14.2. The number of amides is 1. The van der Waals surface area contributed by atoms with Crippen LogP contribution in [0.5, 0.6) is 0 Å². The van der Waals surface area contributed by atoms with Gasteiger partial charge in [0.15, 0.2) is 0 Å². The van der Waals surface area contributed by atoms with Gasteiger partial charge < -0.3 is 5.32 Å². The Labute approximate surface area is 141 Å². The number of carbonyl (C=O) groups excluding carboxylic acids is 1. The van der Waals surface area contributed by atoms with E-state index in [2.05, 4.69) is 36.6 Å². The number of anilines is 1. The third-order valence-electron chi connectivity index (χ3n) is 3.49.